The fourth-order valence-electron chi connectivity index (χ4n) is 2.12. The van der Waals surface area contributed by atoms with Crippen molar-refractivity contribution in [3.05, 3.63) is 65.7 Å². The first-order valence-corrected chi connectivity index (χ1v) is 7.60. The van der Waals surface area contributed by atoms with Crippen LogP contribution in [-0.2, 0) is 6.54 Å². The molecule has 1 aromatic carbocycles. The Balaban J connectivity index is 1.76. The third-order valence-corrected chi connectivity index (χ3v) is 4.11. The highest BCUT2D eigenvalue weighted by atomic mass is 32.1. The summed E-state index contributed by atoms with van der Waals surface area (Å²) < 4.78 is 5.07. The van der Waals surface area contributed by atoms with E-state index < -0.39 is 0 Å². The van der Waals surface area contributed by atoms with Crippen molar-refractivity contribution < 1.29 is 4.74 Å². The van der Waals surface area contributed by atoms with E-state index in [1.54, 1.807) is 18.4 Å². The molecule has 0 aliphatic heterocycles. The highest BCUT2D eigenvalue weighted by molar-refractivity contribution is 7.13. The molecule has 1 N–H and O–H groups in total. The van der Waals surface area contributed by atoms with Crippen LogP contribution >= 0.6 is 11.3 Å². The quantitative estimate of drug-likeness (QED) is 0.756. The van der Waals surface area contributed by atoms with Crippen molar-refractivity contribution >= 4 is 17.0 Å². The summed E-state index contributed by atoms with van der Waals surface area (Å²) in [5, 5.41) is 5.58. The van der Waals surface area contributed by atoms with Crippen LogP contribution in [0.1, 0.15) is 5.56 Å². The Morgan fingerprint density at radius 3 is 2.71 bits per heavy atom. The molecule has 0 saturated heterocycles. The van der Waals surface area contributed by atoms with Crippen molar-refractivity contribution in [2.45, 2.75) is 6.54 Å². The Bertz CT molecular complexity index is 693. The number of anilines is 1. The van der Waals surface area contributed by atoms with E-state index in [9.17, 15) is 0 Å². The third-order valence-electron chi connectivity index (χ3n) is 3.20. The van der Waals surface area contributed by atoms with Crippen LogP contribution in [0, 0.1) is 0 Å². The molecule has 0 spiro atoms. The number of para-hydroxylation sites is 1. The number of aromatic nitrogens is 1. The molecule has 0 radical (unpaired) electrons. The van der Waals surface area contributed by atoms with Gasteiger partial charge in [0.2, 0.25) is 5.88 Å². The minimum Gasteiger partial charge on any atom is -0.481 e. The summed E-state index contributed by atoms with van der Waals surface area (Å²) >= 11 is 1.75. The molecular weight excluding hydrogens is 280 g/mol. The van der Waals surface area contributed by atoms with Gasteiger partial charge >= 0.3 is 0 Å². The van der Waals surface area contributed by atoms with E-state index in [0.717, 1.165) is 17.8 Å². The first-order chi connectivity index (χ1) is 10.4. The number of thiophene rings is 1. The van der Waals surface area contributed by atoms with Gasteiger partial charge in [-0.15, -0.1) is 11.3 Å². The Morgan fingerprint density at radius 1 is 1.10 bits per heavy atom. The maximum absolute atomic E-state index is 5.07. The van der Waals surface area contributed by atoms with Crippen molar-refractivity contribution in [1.82, 2.24) is 4.98 Å². The smallest absolute Gasteiger partial charge is 0.212 e. The van der Waals surface area contributed by atoms with Crippen LogP contribution in [0.2, 0.25) is 0 Å². The van der Waals surface area contributed by atoms with Gasteiger partial charge in [0.25, 0.3) is 0 Å². The average molecular weight is 296 g/mol. The Labute approximate surface area is 128 Å². The molecule has 4 heteroatoms. The van der Waals surface area contributed by atoms with Crippen LogP contribution in [0.3, 0.4) is 0 Å². The lowest BCUT2D eigenvalue weighted by molar-refractivity contribution is 0.397. The second kappa shape index (κ2) is 6.41. The number of nitrogens with one attached hydrogen (secondary N) is 1. The second-order valence-electron chi connectivity index (χ2n) is 4.59. The molecule has 2 heterocycles. The fourth-order valence-corrected chi connectivity index (χ4v) is 2.88. The van der Waals surface area contributed by atoms with E-state index in [2.05, 4.69) is 46.0 Å². The maximum Gasteiger partial charge on any atom is 0.212 e. The van der Waals surface area contributed by atoms with Crippen LogP contribution in [-0.4, -0.2) is 12.1 Å². The topological polar surface area (TPSA) is 34.1 Å². The lowest BCUT2D eigenvalue weighted by Gasteiger charge is -2.11. The zero-order valence-corrected chi connectivity index (χ0v) is 12.6. The molecule has 0 atom stereocenters. The van der Waals surface area contributed by atoms with Gasteiger partial charge in [0, 0.05) is 34.9 Å². The van der Waals surface area contributed by atoms with Crippen LogP contribution in [0.4, 0.5) is 5.69 Å². The van der Waals surface area contributed by atoms with Gasteiger partial charge in [-0.05, 0) is 23.1 Å². The minimum absolute atomic E-state index is 0.637. The minimum atomic E-state index is 0.637. The van der Waals surface area contributed by atoms with E-state index in [1.165, 1.54) is 10.4 Å². The van der Waals surface area contributed by atoms with E-state index in [-0.39, 0.29) is 0 Å². The van der Waals surface area contributed by atoms with Gasteiger partial charge in [0.15, 0.2) is 0 Å². The predicted octanol–water partition coefficient (Wildman–Crippen LogP) is 4.43. The summed E-state index contributed by atoms with van der Waals surface area (Å²) in [6.45, 7) is 0.735. The van der Waals surface area contributed by atoms with E-state index in [4.69, 9.17) is 4.74 Å². The number of pyridine rings is 1. The van der Waals surface area contributed by atoms with Gasteiger partial charge < -0.3 is 10.1 Å². The second-order valence-corrected chi connectivity index (χ2v) is 5.53. The molecule has 3 aromatic rings. The van der Waals surface area contributed by atoms with Crippen LogP contribution in [0.5, 0.6) is 5.88 Å². The number of benzene rings is 1. The predicted molar refractivity (Wildman–Crippen MR) is 87.9 cm³/mol. The molecule has 0 aliphatic rings. The van der Waals surface area contributed by atoms with Gasteiger partial charge in [-0.25, -0.2) is 4.98 Å². The molecule has 106 valence electrons. The van der Waals surface area contributed by atoms with E-state index >= 15 is 0 Å². The largest absolute Gasteiger partial charge is 0.481 e. The fraction of sp³-hybridized carbons (Fsp3) is 0.118. The first-order valence-electron chi connectivity index (χ1n) is 6.72. The van der Waals surface area contributed by atoms with Crippen molar-refractivity contribution in [3.63, 3.8) is 0 Å². The average Bonchev–Trinajstić information content (AvgIpc) is 3.08. The van der Waals surface area contributed by atoms with E-state index in [1.807, 2.05) is 24.4 Å². The third kappa shape index (κ3) is 3.23. The number of hydrogen-bond donors (Lipinski definition) is 1. The summed E-state index contributed by atoms with van der Waals surface area (Å²) in [5.74, 6) is 0.637. The van der Waals surface area contributed by atoms with Gasteiger partial charge in [0.05, 0.1) is 7.11 Å². The Morgan fingerprint density at radius 2 is 2.00 bits per heavy atom. The molecule has 3 nitrogen and oxygen atoms in total. The molecule has 0 saturated carbocycles. The van der Waals surface area contributed by atoms with Crippen molar-refractivity contribution in [3.8, 4) is 16.3 Å². The molecule has 3 rings (SSSR count). The molecule has 0 fully saturated rings. The van der Waals surface area contributed by atoms with Gasteiger partial charge in [-0.1, -0.05) is 30.3 Å². The molecule has 2 aromatic heterocycles. The monoisotopic (exact) mass is 296 g/mol. The SMILES string of the molecule is COc1ccc(CNc2ccccc2-c2cccs2)cn1. The number of rotatable bonds is 5. The number of hydrogen-bond acceptors (Lipinski definition) is 4. The number of ether oxygens (including phenoxy) is 1. The number of nitrogens with zero attached hydrogens (tertiary/aromatic N) is 1. The normalized spacial score (nSPS) is 10.3. The van der Waals surface area contributed by atoms with Crippen molar-refractivity contribution in [2.75, 3.05) is 12.4 Å². The molecule has 0 amide bonds. The number of methoxy groups -OCH3 is 1. The Hall–Kier alpha value is -2.33. The van der Waals surface area contributed by atoms with Gasteiger partial charge in [-0.2, -0.15) is 0 Å². The zero-order chi connectivity index (χ0) is 14.5. The van der Waals surface area contributed by atoms with Gasteiger partial charge in [-0.3, -0.25) is 0 Å². The first kappa shape index (κ1) is 13.6. The van der Waals surface area contributed by atoms with Crippen LogP contribution in [0.25, 0.3) is 10.4 Å². The highest BCUT2D eigenvalue weighted by Gasteiger charge is 2.05. The summed E-state index contributed by atoms with van der Waals surface area (Å²) in [5.41, 5.74) is 3.49. The maximum atomic E-state index is 5.07. The summed E-state index contributed by atoms with van der Waals surface area (Å²) in [7, 11) is 1.62. The van der Waals surface area contributed by atoms with Crippen molar-refractivity contribution in [1.29, 1.82) is 0 Å². The molecular formula is C17H16N2OS. The molecule has 0 unspecified atom stereocenters. The van der Waals surface area contributed by atoms with Crippen molar-refractivity contribution in [2.24, 2.45) is 0 Å². The highest BCUT2D eigenvalue weighted by Crippen LogP contribution is 2.31. The van der Waals surface area contributed by atoms with Crippen LogP contribution in [0.15, 0.2) is 60.1 Å². The van der Waals surface area contributed by atoms with Crippen LogP contribution < -0.4 is 10.1 Å². The zero-order valence-electron chi connectivity index (χ0n) is 11.7. The lowest BCUT2D eigenvalue weighted by atomic mass is 10.1. The Kier molecular flexibility index (Phi) is 4.17. The summed E-state index contributed by atoms with van der Waals surface area (Å²) in [4.78, 5) is 5.49. The van der Waals surface area contributed by atoms with E-state index in [0.29, 0.717) is 5.88 Å². The molecule has 0 aliphatic carbocycles. The molecule has 21 heavy (non-hydrogen) atoms. The standard InChI is InChI=1S/C17H16N2OS/c1-20-17-9-8-13(12-19-17)11-18-15-6-3-2-5-14(15)16-7-4-10-21-16/h2-10,12,18H,11H2,1H3. The molecule has 0 bridgehead atoms. The summed E-state index contributed by atoms with van der Waals surface area (Å²) in [6, 6.07) is 16.5. The summed E-state index contributed by atoms with van der Waals surface area (Å²) in [6.07, 6.45) is 1.83. The lowest BCUT2D eigenvalue weighted by Crippen LogP contribution is -2.01. The van der Waals surface area contributed by atoms with Gasteiger partial charge in [0.1, 0.15) is 0 Å².